The highest BCUT2D eigenvalue weighted by molar-refractivity contribution is 5.85. The molecule has 2 rings (SSSR count). The minimum atomic E-state index is 0. The van der Waals surface area contributed by atoms with Gasteiger partial charge in [0.2, 0.25) is 0 Å². The van der Waals surface area contributed by atoms with Crippen molar-refractivity contribution < 1.29 is 4.74 Å². The van der Waals surface area contributed by atoms with E-state index in [1.807, 2.05) is 12.1 Å². The molecule has 1 saturated heterocycles. The molecule has 1 aliphatic rings. The van der Waals surface area contributed by atoms with Gasteiger partial charge in [-0.15, -0.1) is 12.4 Å². The van der Waals surface area contributed by atoms with Crippen molar-refractivity contribution in [1.29, 1.82) is 0 Å². The maximum atomic E-state index is 5.95. The van der Waals surface area contributed by atoms with Gasteiger partial charge in [-0.1, -0.05) is 12.1 Å². The van der Waals surface area contributed by atoms with Gasteiger partial charge in [-0.05, 0) is 43.5 Å². The molecule has 2 unspecified atom stereocenters. The van der Waals surface area contributed by atoms with Crippen molar-refractivity contribution in [2.24, 2.45) is 11.7 Å². The van der Waals surface area contributed by atoms with Crippen molar-refractivity contribution in [2.45, 2.75) is 25.9 Å². The van der Waals surface area contributed by atoms with Gasteiger partial charge in [-0.2, -0.15) is 0 Å². The van der Waals surface area contributed by atoms with E-state index in [1.165, 1.54) is 12.0 Å². The molecular formula is C14H23ClN2O. The van der Waals surface area contributed by atoms with Crippen LogP contribution < -0.4 is 10.5 Å². The van der Waals surface area contributed by atoms with Gasteiger partial charge in [0.25, 0.3) is 0 Å². The third-order valence-electron chi connectivity index (χ3n) is 3.62. The Bertz CT molecular complexity index is 353. The molecule has 18 heavy (non-hydrogen) atoms. The molecule has 4 heteroatoms. The van der Waals surface area contributed by atoms with Crippen molar-refractivity contribution in [1.82, 2.24) is 4.90 Å². The lowest BCUT2D eigenvalue weighted by Crippen LogP contribution is -2.29. The molecule has 1 heterocycles. The zero-order chi connectivity index (χ0) is 12.3. The van der Waals surface area contributed by atoms with Crippen LogP contribution >= 0.6 is 12.4 Å². The summed E-state index contributed by atoms with van der Waals surface area (Å²) >= 11 is 0. The first-order chi connectivity index (χ1) is 8.19. The van der Waals surface area contributed by atoms with E-state index >= 15 is 0 Å². The molecule has 102 valence electrons. The summed E-state index contributed by atoms with van der Waals surface area (Å²) in [4.78, 5) is 2.48. The first-order valence-corrected chi connectivity index (χ1v) is 6.30. The van der Waals surface area contributed by atoms with E-state index in [0.29, 0.717) is 12.0 Å². The standard InChI is InChI=1S/C14H22N2O.ClH/c1-11(15)13-7-8-16(10-13)9-12-3-5-14(17-2)6-4-12;/h3-6,11,13H,7-10,15H2,1-2H3;1H. The first-order valence-electron chi connectivity index (χ1n) is 6.30. The highest BCUT2D eigenvalue weighted by Crippen LogP contribution is 2.21. The molecule has 2 N–H and O–H groups in total. The van der Waals surface area contributed by atoms with Gasteiger partial charge in [0, 0.05) is 19.1 Å². The van der Waals surface area contributed by atoms with Crippen LogP contribution in [0.25, 0.3) is 0 Å². The van der Waals surface area contributed by atoms with Gasteiger partial charge in [0.05, 0.1) is 7.11 Å². The van der Waals surface area contributed by atoms with Crippen LogP contribution in [0.15, 0.2) is 24.3 Å². The number of benzene rings is 1. The normalized spacial score (nSPS) is 21.4. The molecular weight excluding hydrogens is 248 g/mol. The van der Waals surface area contributed by atoms with E-state index in [4.69, 9.17) is 10.5 Å². The number of ether oxygens (including phenoxy) is 1. The summed E-state index contributed by atoms with van der Waals surface area (Å²) in [6, 6.07) is 8.63. The number of methoxy groups -OCH3 is 1. The van der Waals surface area contributed by atoms with Crippen molar-refractivity contribution >= 4 is 12.4 Å². The SMILES string of the molecule is COc1ccc(CN2CCC(C(C)N)C2)cc1.Cl. The second-order valence-electron chi connectivity index (χ2n) is 4.99. The van der Waals surface area contributed by atoms with Gasteiger partial charge < -0.3 is 10.5 Å². The maximum absolute atomic E-state index is 5.95. The Morgan fingerprint density at radius 1 is 1.39 bits per heavy atom. The van der Waals surface area contributed by atoms with Crippen LogP contribution in [0.1, 0.15) is 18.9 Å². The molecule has 0 amide bonds. The van der Waals surface area contributed by atoms with E-state index in [0.717, 1.165) is 25.4 Å². The number of likely N-dealkylation sites (tertiary alicyclic amines) is 1. The van der Waals surface area contributed by atoms with Crippen LogP contribution in [-0.2, 0) is 6.54 Å². The molecule has 0 radical (unpaired) electrons. The van der Waals surface area contributed by atoms with E-state index in [2.05, 4.69) is 24.0 Å². The fraction of sp³-hybridized carbons (Fsp3) is 0.571. The van der Waals surface area contributed by atoms with Gasteiger partial charge >= 0.3 is 0 Å². The van der Waals surface area contributed by atoms with Gasteiger partial charge in [0.1, 0.15) is 5.75 Å². The molecule has 0 spiro atoms. The lowest BCUT2D eigenvalue weighted by atomic mass is 10.0. The monoisotopic (exact) mass is 270 g/mol. The third-order valence-corrected chi connectivity index (χ3v) is 3.62. The third kappa shape index (κ3) is 3.87. The van der Waals surface area contributed by atoms with Crippen LogP contribution in [0.3, 0.4) is 0 Å². The number of halogens is 1. The molecule has 1 aliphatic heterocycles. The number of hydrogen-bond donors (Lipinski definition) is 1. The summed E-state index contributed by atoms with van der Waals surface area (Å²) in [5.74, 6) is 1.58. The van der Waals surface area contributed by atoms with Crippen molar-refractivity contribution in [2.75, 3.05) is 20.2 Å². The lowest BCUT2D eigenvalue weighted by Gasteiger charge is -2.17. The summed E-state index contributed by atoms with van der Waals surface area (Å²) in [7, 11) is 1.70. The molecule has 0 aliphatic carbocycles. The summed E-state index contributed by atoms with van der Waals surface area (Å²) in [6.07, 6.45) is 1.23. The second kappa shape index (κ2) is 6.98. The molecule has 1 aromatic carbocycles. The van der Waals surface area contributed by atoms with Crippen LogP contribution in [0.2, 0.25) is 0 Å². The lowest BCUT2D eigenvalue weighted by molar-refractivity contribution is 0.308. The number of rotatable bonds is 4. The minimum absolute atomic E-state index is 0. The predicted octanol–water partition coefficient (Wildman–Crippen LogP) is 2.29. The van der Waals surface area contributed by atoms with E-state index in [-0.39, 0.29) is 12.4 Å². The van der Waals surface area contributed by atoms with Crippen molar-refractivity contribution in [3.63, 3.8) is 0 Å². The van der Waals surface area contributed by atoms with Crippen LogP contribution in [0.4, 0.5) is 0 Å². The molecule has 1 fully saturated rings. The summed E-state index contributed by atoms with van der Waals surface area (Å²) in [5.41, 5.74) is 7.29. The largest absolute Gasteiger partial charge is 0.497 e. The highest BCUT2D eigenvalue weighted by atomic mass is 35.5. The number of nitrogens with two attached hydrogens (primary N) is 1. The summed E-state index contributed by atoms with van der Waals surface area (Å²) in [6.45, 7) is 5.43. The second-order valence-corrected chi connectivity index (χ2v) is 4.99. The number of hydrogen-bond acceptors (Lipinski definition) is 3. The van der Waals surface area contributed by atoms with Gasteiger partial charge in [-0.25, -0.2) is 0 Å². The van der Waals surface area contributed by atoms with E-state index in [1.54, 1.807) is 7.11 Å². The topological polar surface area (TPSA) is 38.5 Å². The van der Waals surface area contributed by atoms with Crippen LogP contribution in [0, 0.1) is 5.92 Å². The molecule has 3 nitrogen and oxygen atoms in total. The van der Waals surface area contributed by atoms with E-state index < -0.39 is 0 Å². The number of nitrogens with zero attached hydrogens (tertiary/aromatic N) is 1. The van der Waals surface area contributed by atoms with Crippen molar-refractivity contribution in [3.8, 4) is 5.75 Å². The molecule has 2 atom stereocenters. The van der Waals surface area contributed by atoms with Crippen LogP contribution in [0.5, 0.6) is 5.75 Å². The Hall–Kier alpha value is -0.770. The molecule has 0 saturated carbocycles. The molecule has 0 aromatic heterocycles. The van der Waals surface area contributed by atoms with Gasteiger partial charge in [-0.3, -0.25) is 4.90 Å². The summed E-state index contributed by atoms with van der Waals surface area (Å²) in [5, 5.41) is 0. The predicted molar refractivity (Wildman–Crippen MR) is 77.3 cm³/mol. The quantitative estimate of drug-likeness (QED) is 0.912. The van der Waals surface area contributed by atoms with Crippen LogP contribution in [-0.4, -0.2) is 31.1 Å². The zero-order valence-corrected chi connectivity index (χ0v) is 12.0. The Morgan fingerprint density at radius 3 is 2.56 bits per heavy atom. The minimum Gasteiger partial charge on any atom is -0.497 e. The highest BCUT2D eigenvalue weighted by Gasteiger charge is 2.24. The fourth-order valence-corrected chi connectivity index (χ4v) is 2.42. The fourth-order valence-electron chi connectivity index (χ4n) is 2.42. The smallest absolute Gasteiger partial charge is 0.118 e. The average molecular weight is 271 g/mol. The van der Waals surface area contributed by atoms with E-state index in [9.17, 15) is 0 Å². The Kier molecular flexibility index (Phi) is 5.93. The molecule has 1 aromatic rings. The maximum Gasteiger partial charge on any atom is 0.118 e. The Labute approximate surface area is 116 Å². The Balaban J connectivity index is 0.00000162. The Morgan fingerprint density at radius 2 is 2.06 bits per heavy atom. The average Bonchev–Trinajstić information content (AvgIpc) is 2.79. The van der Waals surface area contributed by atoms with Gasteiger partial charge in [0.15, 0.2) is 0 Å². The summed E-state index contributed by atoms with van der Waals surface area (Å²) < 4.78 is 5.16. The van der Waals surface area contributed by atoms with Crippen molar-refractivity contribution in [3.05, 3.63) is 29.8 Å². The first kappa shape index (κ1) is 15.3. The molecule has 0 bridgehead atoms. The zero-order valence-electron chi connectivity index (χ0n) is 11.1.